The van der Waals surface area contributed by atoms with E-state index < -0.39 is 7.26 Å². The molecule has 0 spiro atoms. The smallest absolute Gasteiger partial charge is 0.323 e. The van der Waals surface area contributed by atoms with Crippen molar-refractivity contribution in [3.8, 4) is 22.6 Å². The summed E-state index contributed by atoms with van der Waals surface area (Å²) < 4.78 is 11.6. The first-order chi connectivity index (χ1) is 26.6. The molecule has 0 aromatic heterocycles. The second-order valence-electron chi connectivity index (χ2n) is 13.2. The Labute approximate surface area is 316 Å². The van der Waals surface area contributed by atoms with Crippen LogP contribution in [0, 0.1) is 0 Å². The highest BCUT2D eigenvalue weighted by atomic mass is 31.2. The van der Waals surface area contributed by atoms with Gasteiger partial charge in [0.05, 0.1) is 26.1 Å². The summed E-state index contributed by atoms with van der Waals surface area (Å²) in [6.07, 6.45) is 0.696. The number of urea groups is 1. The second kappa shape index (κ2) is 15.3. The van der Waals surface area contributed by atoms with Crippen LogP contribution in [0.5, 0.6) is 11.5 Å². The maximum Gasteiger partial charge on any atom is 0.323 e. The molecule has 0 heterocycles. The lowest BCUT2D eigenvalue weighted by Crippen LogP contribution is -2.34. The van der Waals surface area contributed by atoms with Crippen molar-refractivity contribution < 1.29 is 14.3 Å². The first kappa shape index (κ1) is 34.7. The highest BCUT2D eigenvalue weighted by Crippen LogP contribution is 2.61. The molecule has 0 aliphatic heterocycles. The van der Waals surface area contributed by atoms with E-state index in [2.05, 4.69) is 150 Å². The van der Waals surface area contributed by atoms with E-state index >= 15 is 0 Å². The third-order valence-corrected chi connectivity index (χ3v) is 14.4. The van der Waals surface area contributed by atoms with E-state index in [0.717, 1.165) is 61.1 Å². The SMILES string of the molecule is COc1cc(C[P+](c2ccccc2)(c2ccccc2)c2ccc3ccccc3c2-c2c(NC(=O)Nc3ccccc3)ccc3ccccc23)cc(OC)c1. The minimum atomic E-state index is -2.57. The Kier molecular flexibility index (Phi) is 9.81. The van der Waals surface area contributed by atoms with E-state index in [1.807, 2.05) is 42.5 Å². The summed E-state index contributed by atoms with van der Waals surface area (Å²) in [5.74, 6) is 1.49. The number of hydrogen-bond donors (Lipinski definition) is 2. The van der Waals surface area contributed by atoms with Crippen molar-refractivity contribution in [2.45, 2.75) is 6.16 Å². The zero-order valence-corrected chi connectivity index (χ0v) is 31.1. The molecule has 0 saturated heterocycles. The fourth-order valence-corrected chi connectivity index (χ4v) is 12.0. The number of methoxy groups -OCH3 is 2. The summed E-state index contributed by atoms with van der Waals surface area (Å²) in [5, 5.41) is 14.4. The molecule has 2 N–H and O–H groups in total. The molecule has 6 heteroatoms. The average molecular weight is 724 g/mol. The van der Waals surface area contributed by atoms with Crippen LogP contribution in [0.1, 0.15) is 5.56 Å². The summed E-state index contributed by atoms with van der Waals surface area (Å²) >= 11 is 0. The van der Waals surface area contributed by atoms with Crippen molar-refractivity contribution in [2.24, 2.45) is 0 Å². The molecule has 8 rings (SSSR count). The molecule has 54 heavy (non-hydrogen) atoms. The minimum Gasteiger partial charge on any atom is -0.497 e. The highest BCUT2D eigenvalue weighted by molar-refractivity contribution is 7.95. The predicted molar refractivity (Wildman–Crippen MR) is 228 cm³/mol. The van der Waals surface area contributed by atoms with Gasteiger partial charge in [-0.25, -0.2) is 4.79 Å². The number of anilines is 2. The first-order valence-corrected chi connectivity index (χ1v) is 19.9. The van der Waals surface area contributed by atoms with Crippen LogP contribution in [0.3, 0.4) is 0 Å². The quantitative estimate of drug-likeness (QED) is 0.138. The number of amides is 2. The summed E-state index contributed by atoms with van der Waals surface area (Å²) in [6.45, 7) is 0. The lowest BCUT2D eigenvalue weighted by molar-refractivity contribution is 0.262. The molecule has 0 fully saturated rings. The molecule has 0 aliphatic carbocycles. The van der Waals surface area contributed by atoms with Crippen molar-refractivity contribution in [1.82, 2.24) is 0 Å². The van der Waals surface area contributed by atoms with Crippen LogP contribution in [0.2, 0.25) is 0 Å². The number of fused-ring (bicyclic) bond motifs is 2. The molecule has 8 aromatic carbocycles. The number of benzene rings is 8. The number of nitrogens with one attached hydrogen (secondary N) is 2. The van der Waals surface area contributed by atoms with E-state index in [1.54, 1.807) is 14.2 Å². The van der Waals surface area contributed by atoms with Gasteiger partial charge in [-0.05, 0) is 87.8 Å². The summed E-state index contributed by atoms with van der Waals surface area (Å²) in [5.41, 5.74) is 4.61. The lowest BCUT2D eigenvalue weighted by Gasteiger charge is -2.31. The second-order valence-corrected chi connectivity index (χ2v) is 16.6. The van der Waals surface area contributed by atoms with E-state index in [1.165, 1.54) is 15.9 Å². The van der Waals surface area contributed by atoms with E-state index in [9.17, 15) is 4.79 Å². The fraction of sp³-hybridized carbons (Fsp3) is 0.0625. The monoisotopic (exact) mass is 723 g/mol. The molecule has 8 aromatic rings. The van der Waals surface area contributed by atoms with Gasteiger partial charge in [0.2, 0.25) is 0 Å². The third-order valence-electron chi connectivity index (χ3n) is 10.0. The number of rotatable bonds is 10. The van der Waals surface area contributed by atoms with Crippen LogP contribution in [-0.2, 0) is 6.16 Å². The third kappa shape index (κ3) is 6.67. The maximum absolute atomic E-state index is 13.8. The zero-order chi connectivity index (χ0) is 36.9. The summed E-state index contributed by atoms with van der Waals surface area (Å²) in [6, 6.07) is 62.9. The highest BCUT2D eigenvalue weighted by Gasteiger charge is 2.48. The molecule has 0 saturated carbocycles. The molecule has 5 nitrogen and oxygen atoms in total. The Morgan fingerprint density at radius 3 is 1.59 bits per heavy atom. The van der Waals surface area contributed by atoms with Gasteiger partial charge in [0.1, 0.15) is 34.7 Å². The van der Waals surface area contributed by atoms with Gasteiger partial charge in [-0.1, -0.05) is 115 Å². The fourth-order valence-electron chi connectivity index (χ4n) is 7.58. The van der Waals surface area contributed by atoms with Gasteiger partial charge >= 0.3 is 6.03 Å². The van der Waals surface area contributed by atoms with Gasteiger partial charge in [-0.15, -0.1) is 0 Å². The number of carbonyl (C=O) groups is 1. The Morgan fingerprint density at radius 1 is 0.519 bits per heavy atom. The standard InChI is InChI=1S/C48H39N2O3P/c1-52-38-30-34(31-39(32-38)53-2)33-54(40-20-8-4-9-21-40,41-22-10-5-11-23-41)45-29-27-36-17-13-15-25-43(36)47(45)46-42-24-14-12-16-35(42)26-28-44(46)50-48(51)49-37-18-6-3-7-19-37/h3-32H,33H2,1-2H3,(H-,49,50,51)/p+1. The molecular weight excluding hydrogens is 684 g/mol. The molecule has 2 amide bonds. The number of hydrogen-bond acceptors (Lipinski definition) is 3. The summed E-state index contributed by atoms with van der Waals surface area (Å²) in [7, 11) is 0.819. The Balaban J connectivity index is 1.48. The minimum absolute atomic E-state index is 0.310. The van der Waals surface area contributed by atoms with Gasteiger partial charge in [0.25, 0.3) is 0 Å². The van der Waals surface area contributed by atoms with E-state index in [-0.39, 0.29) is 6.03 Å². The Hall–Kier alpha value is -6.42. The topological polar surface area (TPSA) is 59.6 Å². The summed E-state index contributed by atoms with van der Waals surface area (Å²) in [4.78, 5) is 13.8. The Bertz CT molecular complexity index is 2510. The molecule has 0 radical (unpaired) electrons. The van der Waals surface area contributed by atoms with Crippen molar-refractivity contribution >= 4 is 62.1 Å². The van der Waals surface area contributed by atoms with Gasteiger partial charge in [0.15, 0.2) is 0 Å². The molecule has 0 atom stereocenters. The zero-order valence-electron chi connectivity index (χ0n) is 30.2. The lowest BCUT2D eigenvalue weighted by atomic mass is 9.92. The van der Waals surface area contributed by atoms with Crippen LogP contribution in [0.4, 0.5) is 16.2 Å². The van der Waals surface area contributed by atoms with Crippen molar-refractivity contribution in [1.29, 1.82) is 0 Å². The number of para-hydroxylation sites is 1. The van der Waals surface area contributed by atoms with Crippen LogP contribution in [0.25, 0.3) is 32.7 Å². The van der Waals surface area contributed by atoms with Crippen LogP contribution >= 0.6 is 7.26 Å². The van der Waals surface area contributed by atoms with Gasteiger partial charge in [0, 0.05) is 22.9 Å². The molecule has 0 unspecified atom stereocenters. The van der Waals surface area contributed by atoms with Crippen molar-refractivity contribution in [3.05, 3.63) is 188 Å². The average Bonchev–Trinajstić information content (AvgIpc) is 3.23. The van der Waals surface area contributed by atoms with Crippen molar-refractivity contribution in [3.63, 3.8) is 0 Å². The van der Waals surface area contributed by atoms with Gasteiger partial charge < -0.3 is 20.1 Å². The van der Waals surface area contributed by atoms with Gasteiger partial charge in [-0.2, -0.15) is 0 Å². The molecule has 264 valence electrons. The first-order valence-electron chi connectivity index (χ1n) is 18.0. The molecule has 0 aliphatic rings. The maximum atomic E-state index is 13.8. The van der Waals surface area contributed by atoms with Crippen LogP contribution in [0.15, 0.2) is 182 Å². The predicted octanol–water partition coefficient (Wildman–Crippen LogP) is 10.8. The Morgan fingerprint density at radius 2 is 1.02 bits per heavy atom. The van der Waals surface area contributed by atoms with E-state index in [0.29, 0.717) is 6.16 Å². The van der Waals surface area contributed by atoms with Crippen LogP contribution < -0.4 is 36.0 Å². The van der Waals surface area contributed by atoms with Crippen LogP contribution in [-0.4, -0.2) is 20.3 Å². The number of ether oxygens (including phenoxy) is 2. The van der Waals surface area contributed by atoms with E-state index in [4.69, 9.17) is 9.47 Å². The molecular formula is C48H40N2O3P+. The normalized spacial score (nSPS) is 11.3. The number of carbonyl (C=O) groups excluding carboxylic acids is 1. The largest absolute Gasteiger partial charge is 0.497 e. The molecule has 0 bridgehead atoms. The van der Waals surface area contributed by atoms with Gasteiger partial charge in [-0.3, -0.25) is 0 Å². The van der Waals surface area contributed by atoms with Crippen molar-refractivity contribution in [2.75, 3.05) is 24.9 Å².